The van der Waals surface area contributed by atoms with Crippen LogP contribution in [0.25, 0.3) is 0 Å². The van der Waals surface area contributed by atoms with E-state index in [1.807, 2.05) is 0 Å². The summed E-state index contributed by atoms with van der Waals surface area (Å²) in [5, 5.41) is 0. The monoisotopic (exact) mass is 212 g/mol. The Bertz CT molecular complexity index is 250. The van der Waals surface area contributed by atoms with Gasteiger partial charge in [-0.15, -0.1) is 0 Å². The Labute approximate surface area is 89.6 Å². The van der Waals surface area contributed by atoms with Gasteiger partial charge in [-0.1, -0.05) is 24.8 Å². The van der Waals surface area contributed by atoms with E-state index in [1.54, 1.807) is 0 Å². The third-order valence-electron chi connectivity index (χ3n) is 2.07. The van der Waals surface area contributed by atoms with Crippen molar-refractivity contribution < 1.29 is 19.1 Å². The summed E-state index contributed by atoms with van der Waals surface area (Å²) >= 11 is 0. The smallest absolute Gasteiger partial charge is 0.306 e. The molecule has 0 aliphatic rings. The lowest BCUT2D eigenvalue weighted by molar-refractivity contribution is -0.143. The first-order valence-electron chi connectivity index (χ1n) is 4.50. The number of hydrogen-bond donors (Lipinski definition) is 0. The lowest BCUT2D eigenvalue weighted by Crippen LogP contribution is -2.16. The Morgan fingerprint density at radius 3 is 1.87 bits per heavy atom. The minimum absolute atomic E-state index is 0.108. The fraction of sp³-hybridized carbons (Fsp3) is 0.455. The fourth-order valence-corrected chi connectivity index (χ4v) is 1.07. The standard InChI is InChI=1S/C11H16O4/c1-5-8(2)9(6-10(12)14-3)7-11(13)15-4/h5,9H,1-2,6-7H2,3-4H3. The van der Waals surface area contributed by atoms with Crippen LogP contribution in [0.15, 0.2) is 24.8 Å². The molecule has 0 aliphatic carbocycles. The van der Waals surface area contributed by atoms with Crippen LogP contribution in [-0.4, -0.2) is 26.2 Å². The van der Waals surface area contributed by atoms with Gasteiger partial charge in [0, 0.05) is 5.92 Å². The maximum absolute atomic E-state index is 11.1. The average molecular weight is 212 g/mol. The summed E-state index contributed by atoms with van der Waals surface area (Å²) in [5.74, 6) is -1.07. The maximum Gasteiger partial charge on any atom is 0.306 e. The predicted molar refractivity (Wildman–Crippen MR) is 56.1 cm³/mol. The van der Waals surface area contributed by atoms with E-state index >= 15 is 0 Å². The summed E-state index contributed by atoms with van der Waals surface area (Å²) in [5.41, 5.74) is 0.630. The van der Waals surface area contributed by atoms with Gasteiger partial charge in [0.25, 0.3) is 0 Å². The minimum Gasteiger partial charge on any atom is -0.469 e. The number of rotatable bonds is 6. The van der Waals surface area contributed by atoms with Crippen molar-refractivity contribution in [3.8, 4) is 0 Å². The molecule has 0 aliphatic heterocycles. The van der Waals surface area contributed by atoms with Crippen LogP contribution >= 0.6 is 0 Å². The van der Waals surface area contributed by atoms with Crippen LogP contribution in [0, 0.1) is 5.92 Å². The van der Waals surface area contributed by atoms with Crippen LogP contribution in [0.5, 0.6) is 0 Å². The molecular weight excluding hydrogens is 196 g/mol. The van der Waals surface area contributed by atoms with E-state index in [4.69, 9.17) is 0 Å². The SMILES string of the molecule is C=CC(=C)C(CC(=O)OC)CC(=O)OC. The van der Waals surface area contributed by atoms with Crippen molar-refractivity contribution in [2.45, 2.75) is 12.8 Å². The Morgan fingerprint density at radius 2 is 1.60 bits per heavy atom. The summed E-state index contributed by atoms with van der Waals surface area (Å²) in [7, 11) is 2.60. The van der Waals surface area contributed by atoms with E-state index in [2.05, 4.69) is 22.6 Å². The topological polar surface area (TPSA) is 52.6 Å². The predicted octanol–water partition coefficient (Wildman–Crippen LogP) is 1.47. The summed E-state index contributed by atoms with van der Waals surface area (Å²) in [6.45, 7) is 7.26. The van der Waals surface area contributed by atoms with Gasteiger partial charge in [0.15, 0.2) is 0 Å². The van der Waals surface area contributed by atoms with Crippen molar-refractivity contribution >= 4 is 11.9 Å². The molecule has 4 nitrogen and oxygen atoms in total. The van der Waals surface area contributed by atoms with E-state index in [-0.39, 0.29) is 30.7 Å². The second-order valence-corrected chi connectivity index (χ2v) is 3.04. The highest BCUT2D eigenvalue weighted by molar-refractivity contribution is 5.74. The minimum atomic E-state index is -0.382. The third kappa shape index (κ3) is 5.00. The van der Waals surface area contributed by atoms with Crippen LogP contribution in [0.4, 0.5) is 0 Å². The van der Waals surface area contributed by atoms with Crippen LogP contribution in [0.1, 0.15) is 12.8 Å². The number of ether oxygens (including phenoxy) is 2. The van der Waals surface area contributed by atoms with Crippen molar-refractivity contribution in [1.29, 1.82) is 0 Å². The lowest BCUT2D eigenvalue weighted by atomic mass is 9.93. The van der Waals surface area contributed by atoms with E-state index in [0.29, 0.717) is 5.57 Å². The molecule has 0 atom stereocenters. The summed E-state index contributed by atoms with van der Waals surface area (Å²) in [4.78, 5) is 22.1. The highest BCUT2D eigenvalue weighted by Gasteiger charge is 2.19. The van der Waals surface area contributed by atoms with Gasteiger partial charge < -0.3 is 9.47 Å². The van der Waals surface area contributed by atoms with Gasteiger partial charge in [-0.2, -0.15) is 0 Å². The molecule has 0 radical (unpaired) electrons. The van der Waals surface area contributed by atoms with Crippen molar-refractivity contribution in [3.05, 3.63) is 24.8 Å². The molecule has 0 amide bonds. The molecule has 84 valence electrons. The quantitative estimate of drug-likeness (QED) is 0.494. The molecule has 4 heteroatoms. The molecule has 0 aromatic heterocycles. The van der Waals surface area contributed by atoms with Crippen molar-refractivity contribution in [3.63, 3.8) is 0 Å². The van der Waals surface area contributed by atoms with Gasteiger partial charge in [-0.25, -0.2) is 0 Å². The van der Waals surface area contributed by atoms with Crippen LogP contribution in [0.3, 0.4) is 0 Å². The number of carbonyl (C=O) groups excluding carboxylic acids is 2. The van der Waals surface area contributed by atoms with Gasteiger partial charge in [0.1, 0.15) is 0 Å². The van der Waals surface area contributed by atoms with E-state index < -0.39 is 0 Å². The highest BCUT2D eigenvalue weighted by atomic mass is 16.5. The second kappa shape index (κ2) is 6.81. The van der Waals surface area contributed by atoms with Crippen molar-refractivity contribution in [1.82, 2.24) is 0 Å². The first kappa shape index (κ1) is 13.4. The molecule has 0 aromatic carbocycles. The second-order valence-electron chi connectivity index (χ2n) is 3.04. The molecule has 0 bridgehead atoms. The Kier molecular flexibility index (Phi) is 6.09. The largest absolute Gasteiger partial charge is 0.469 e. The number of esters is 2. The molecular formula is C11H16O4. The van der Waals surface area contributed by atoms with E-state index in [1.165, 1.54) is 20.3 Å². The molecule has 0 fully saturated rings. The highest BCUT2D eigenvalue weighted by Crippen LogP contribution is 2.19. The zero-order chi connectivity index (χ0) is 11.8. The molecule has 0 unspecified atom stereocenters. The summed E-state index contributed by atoms with van der Waals surface area (Å²) < 4.78 is 9.05. The molecule has 0 saturated carbocycles. The fourth-order valence-electron chi connectivity index (χ4n) is 1.07. The average Bonchev–Trinajstić information content (AvgIpc) is 2.26. The van der Waals surface area contributed by atoms with Crippen LogP contribution in [-0.2, 0) is 19.1 Å². The Morgan fingerprint density at radius 1 is 1.20 bits per heavy atom. The maximum atomic E-state index is 11.1. The molecule has 0 rings (SSSR count). The number of allylic oxidation sites excluding steroid dienone is 2. The molecule has 0 spiro atoms. The number of carbonyl (C=O) groups is 2. The van der Waals surface area contributed by atoms with Crippen LogP contribution in [0.2, 0.25) is 0 Å². The number of methoxy groups -OCH3 is 2. The van der Waals surface area contributed by atoms with Gasteiger partial charge in [-0.3, -0.25) is 9.59 Å². The van der Waals surface area contributed by atoms with Gasteiger partial charge in [0.05, 0.1) is 27.1 Å². The van der Waals surface area contributed by atoms with E-state index in [0.717, 1.165) is 0 Å². The summed E-state index contributed by atoms with van der Waals surface area (Å²) in [6, 6.07) is 0. The Hall–Kier alpha value is -1.58. The van der Waals surface area contributed by atoms with Crippen molar-refractivity contribution in [2.75, 3.05) is 14.2 Å². The Balaban J connectivity index is 4.44. The summed E-state index contributed by atoms with van der Waals surface area (Å²) in [6.07, 6.45) is 1.74. The van der Waals surface area contributed by atoms with Gasteiger partial charge in [-0.05, 0) is 0 Å². The molecule has 0 saturated heterocycles. The number of hydrogen-bond acceptors (Lipinski definition) is 4. The molecule has 0 aromatic rings. The first-order chi connectivity index (χ1) is 7.04. The van der Waals surface area contributed by atoms with E-state index in [9.17, 15) is 9.59 Å². The van der Waals surface area contributed by atoms with Crippen molar-refractivity contribution in [2.24, 2.45) is 5.92 Å². The third-order valence-corrected chi connectivity index (χ3v) is 2.07. The molecule has 15 heavy (non-hydrogen) atoms. The normalized spacial score (nSPS) is 9.53. The first-order valence-corrected chi connectivity index (χ1v) is 4.50. The van der Waals surface area contributed by atoms with Gasteiger partial charge in [0.2, 0.25) is 0 Å². The zero-order valence-corrected chi connectivity index (χ0v) is 9.12. The molecule has 0 N–H and O–H groups in total. The van der Waals surface area contributed by atoms with Crippen LogP contribution < -0.4 is 0 Å². The molecule has 0 heterocycles. The lowest BCUT2D eigenvalue weighted by Gasteiger charge is -2.14. The zero-order valence-electron chi connectivity index (χ0n) is 9.12. The van der Waals surface area contributed by atoms with Gasteiger partial charge >= 0.3 is 11.9 Å².